The van der Waals surface area contributed by atoms with Gasteiger partial charge < -0.3 is 4.90 Å². The van der Waals surface area contributed by atoms with Crippen molar-refractivity contribution >= 4 is 23.0 Å². The summed E-state index contributed by atoms with van der Waals surface area (Å²) in [6.45, 7) is 7.98. The normalized spacial score (nSPS) is 14.7. The highest BCUT2D eigenvalue weighted by atomic mass is 32.1. The number of Topliss-reactive ketones (excluding diaryl/α,β-unsaturated/α-hetero) is 1. The van der Waals surface area contributed by atoms with Crippen LogP contribution in [0.3, 0.4) is 0 Å². The summed E-state index contributed by atoms with van der Waals surface area (Å²) in [5.74, 6) is 0.219. The van der Waals surface area contributed by atoms with Gasteiger partial charge in [0.2, 0.25) is 5.91 Å². The molecule has 190 valence electrons. The van der Waals surface area contributed by atoms with Crippen LogP contribution in [-0.4, -0.2) is 34.7 Å². The first kappa shape index (κ1) is 26.2. The Bertz CT molecular complexity index is 1210. The van der Waals surface area contributed by atoms with Crippen LogP contribution in [0.1, 0.15) is 84.6 Å². The molecule has 4 nitrogen and oxygen atoms in total. The molecule has 36 heavy (non-hydrogen) atoms. The van der Waals surface area contributed by atoms with Crippen molar-refractivity contribution in [3.05, 3.63) is 87.1 Å². The molecule has 1 saturated heterocycles. The van der Waals surface area contributed by atoms with E-state index >= 15 is 0 Å². The number of nitrogens with zero attached hydrogens (tertiary/aromatic N) is 2. The van der Waals surface area contributed by atoms with Gasteiger partial charge in [-0.3, -0.25) is 9.59 Å². The summed E-state index contributed by atoms with van der Waals surface area (Å²) >= 11 is 1.56. The van der Waals surface area contributed by atoms with Crippen LogP contribution in [0, 0.1) is 5.82 Å². The molecule has 3 aromatic rings. The summed E-state index contributed by atoms with van der Waals surface area (Å²) in [4.78, 5) is 32.1. The number of piperidine rings is 1. The van der Waals surface area contributed by atoms with Crippen LogP contribution in [0.25, 0.3) is 0 Å². The number of carbonyl (C=O) groups is 2. The zero-order chi connectivity index (χ0) is 25.7. The van der Waals surface area contributed by atoms with E-state index in [9.17, 15) is 14.0 Å². The number of ketones is 1. The maximum atomic E-state index is 13.4. The summed E-state index contributed by atoms with van der Waals surface area (Å²) in [5, 5.41) is 2.89. The van der Waals surface area contributed by atoms with E-state index < -0.39 is 0 Å². The number of rotatable bonds is 8. The minimum absolute atomic E-state index is 0.0448. The minimum atomic E-state index is -0.267. The van der Waals surface area contributed by atoms with Crippen molar-refractivity contribution in [2.75, 3.05) is 13.1 Å². The van der Waals surface area contributed by atoms with E-state index in [1.807, 2.05) is 22.4 Å². The maximum absolute atomic E-state index is 13.4. The molecule has 2 heterocycles. The summed E-state index contributed by atoms with van der Waals surface area (Å²) in [6, 6.07) is 14.8. The minimum Gasteiger partial charge on any atom is -0.343 e. The number of aromatic nitrogens is 1. The molecule has 0 unspecified atom stereocenters. The number of thiazole rings is 1. The molecule has 0 aliphatic carbocycles. The Hall–Kier alpha value is -2.86. The molecule has 0 radical (unpaired) electrons. The molecule has 4 rings (SSSR count). The van der Waals surface area contributed by atoms with Crippen molar-refractivity contribution in [1.82, 2.24) is 9.88 Å². The van der Waals surface area contributed by atoms with Gasteiger partial charge >= 0.3 is 0 Å². The molecule has 0 spiro atoms. The molecular weight excluding hydrogens is 471 g/mol. The lowest BCUT2D eigenvalue weighted by Gasteiger charge is -2.31. The van der Waals surface area contributed by atoms with Crippen LogP contribution in [0.2, 0.25) is 0 Å². The van der Waals surface area contributed by atoms with Gasteiger partial charge in [0.25, 0.3) is 0 Å². The number of halogens is 1. The highest BCUT2D eigenvalue weighted by Crippen LogP contribution is 2.31. The second kappa shape index (κ2) is 11.5. The van der Waals surface area contributed by atoms with Gasteiger partial charge in [-0.05, 0) is 59.9 Å². The first-order valence-corrected chi connectivity index (χ1v) is 13.7. The molecular formula is C30H35FN2O2S. The maximum Gasteiger partial charge on any atom is 0.222 e. The Morgan fingerprint density at radius 3 is 2.50 bits per heavy atom. The van der Waals surface area contributed by atoms with Crippen molar-refractivity contribution < 1.29 is 14.0 Å². The van der Waals surface area contributed by atoms with Crippen LogP contribution in [0.15, 0.2) is 53.9 Å². The van der Waals surface area contributed by atoms with Crippen LogP contribution >= 0.6 is 11.3 Å². The van der Waals surface area contributed by atoms with Crippen molar-refractivity contribution in [2.45, 2.75) is 70.6 Å². The average molecular weight is 507 g/mol. The van der Waals surface area contributed by atoms with Gasteiger partial charge in [0.1, 0.15) is 11.5 Å². The second-order valence-electron chi connectivity index (χ2n) is 10.7. The fourth-order valence-electron chi connectivity index (χ4n) is 4.93. The molecule has 1 aromatic heterocycles. The number of hydrogen-bond donors (Lipinski definition) is 0. The third kappa shape index (κ3) is 6.67. The number of benzene rings is 2. The van der Waals surface area contributed by atoms with E-state index in [4.69, 9.17) is 4.98 Å². The first-order chi connectivity index (χ1) is 17.2. The highest BCUT2D eigenvalue weighted by Gasteiger charge is 2.26. The molecule has 0 atom stereocenters. The van der Waals surface area contributed by atoms with Gasteiger partial charge in [-0.15, -0.1) is 11.3 Å². The lowest BCUT2D eigenvalue weighted by atomic mass is 9.82. The van der Waals surface area contributed by atoms with Crippen molar-refractivity contribution in [3.63, 3.8) is 0 Å². The van der Waals surface area contributed by atoms with E-state index in [0.717, 1.165) is 29.8 Å². The average Bonchev–Trinajstić information content (AvgIpc) is 3.36. The Labute approximate surface area is 217 Å². The first-order valence-electron chi connectivity index (χ1n) is 12.8. The number of amides is 1. The molecule has 1 fully saturated rings. The van der Waals surface area contributed by atoms with Gasteiger partial charge in [0, 0.05) is 37.2 Å². The quantitative estimate of drug-likeness (QED) is 0.318. The Morgan fingerprint density at radius 1 is 1.03 bits per heavy atom. The molecule has 1 amide bonds. The van der Waals surface area contributed by atoms with Crippen molar-refractivity contribution in [2.24, 2.45) is 0 Å². The van der Waals surface area contributed by atoms with E-state index in [0.29, 0.717) is 38.0 Å². The SMILES string of the molecule is CC(C)(C)c1ccccc1CCC(=O)c1csc(C2CCN(C(=O)CCc3cccc(F)c3)CC2)n1. The van der Waals surface area contributed by atoms with E-state index in [-0.39, 0.29) is 28.8 Å². The Kier molecular flexibility index (Phi) is 8.35. The third-order valence-electron chi connectivity index (χ3n) is 6.97. The van der Waals surface area contributed by atoms with Gasteiger partial charge in [-0.2, -0.15) is 0 Å². The largest absolute Gasteiger partial charge is 0.343 e. The number of aryl methyl sites for hydroxylation is 2. The summed E-state index contributed by atoms with van der Waals surface area (Å²) in [5.41, 5.74) is 3.97. The van der Waals surface area contributed by atoms with E-state index in [1.54, 1.807) is 17.4 Å². The third-order valence-corrected chi connectivity index (χ3v) is 7.98. The monoisotopic (exact) mass is 506 g/mol. The second-order valence-corrected chi connectivity index (χ2v) is 11.6. The lowest BCUT2D eigenvalue weighted by Crippen LogP contribution is -2.38. The number of hydrogen-bond acceptors (Lipinski definition) is 4. The van der Waals surface area contributed by atoms with Gasteiger partial charge in [-0.25, -0.2) is 9.37 Å². The summed E-state index contributed by atoms with van der Waals surface area (Å²) < 4.78 is 13.4. The van der Waals surface area contributed by atoms with Gasteiger partial charge in [0.15, 0.2) is 5.78 Å². The van der Waals surface area contributed by atoms with Crippen LogP contribution in [0.4, 0.5) is 4.39 Å². The zero-order valence-corrected chi connectivity index (χ0v) is 22.2. The van der Waals surface area contributed by atoms with Crippen LogP contribution in [0.5, 0.6) is 0 Å². The highest BCUT2D eigenvalue weighted by molar-refractivity contribution is 7.09. The molecule has 0 bridgehead atoms. The fraction of sp³-hybridized carbons (Fsp3) is 0.433. The molecule has 0 saturated carbocycles. The van der Waals surface area contributed by atoms with E-state index in [2.05, 4.69) is 39.0 Å². The number of likely N-dealkylation sites (tertiary alicyclic amines) is 1. The predicted octanol–water partition coefficient (Wildman–Crippen LogP) is 6.73. The smallest absolute Gasteiger partial charge is 0.222 e. The molecule has 1 aliphatic heterocycles. The molecule has 1 aliphatic rings. The standard InChI is InChI=1S/C30H35FN2O2S/c1-30(2,3)25-10-5-4-8-22(25)12-13-27(34)26-20-36-29(32-26)23-15-17-33(18-16-23)28(35)14-11-21-7-6-9-24(31)19-21/h4-10,19-20,23H,11-18H2,1-3H3. The van der Waals surface area contributed by atoms with Crippen LogP contribution in [-0.2, 0) is 23.1 Å². The summed E-state index contributed by atoms with van der Waals surface area (Å²) in [6.07, 6.45) is 3.82. The molecule has 2 aromatic carbocycles. The Morgan fingerprint density at radius 2 is 1.78 bits per heavy atom. The number of carbonyl (C=O) groups excluding carboxylic acids is 2. The van der Waals surface area contributed by atoms with Gasteiger partial charge in [0.05, 0.1) is 5.01 Å². The zero-order valence-electron chi connectivity index (χ0n) is 21.4. The topological polar surface area (TPSA) is 50.3 Å². The summed E-state index contributed by atoms with van der Waals surface area (Å²) in [7, 11) is 0. The van der Waals surface area contributed by atoms with Gasteiger partial charge in [-0.1, -0.05) is 57.2 Å². The van der Waals surface area contributed by atoms with E-state index in [1.165, 1.54) is 23.3 Å². The predicted molar refractivity (Wildman–Crippen MR) is 143 cm³/mol. The fourth-order valence-corrected chi connectivity index (χ4v) is 5.92. The lowest BCUT2D eigenvalue weighted by molar-refractivity contribution is -0.132. The molecule has 6 heteroatoms. The van der Waals surface area contributed by atoms with Crippen molar-refractivity contribution in [1.29, 1.82) is 0 Å². The van der Waals surface area contributed by atoms with Crippen molar-refractivity contribution in [3.8, 4) is 0 Å². The van der Waals surface area contributed by atoms with Crippen LogP contribution < -0.4 is 0 Å². The Balaban J connectivity index is 1.27. The molecule has 0 N–H and O–H groups in total.